The van der Waals surface area contributed by atoms with Crippen molar-refractivity contribution in [1.29, 1.82) is 0 Å². The molecule has 14 nitrogen and oxygen atoms in total. The zero-order valence-corrected chi connectivity index (χ0v) is 36.5. The van der Waals surface area contributed by atoms with E-state index in [9.17, 15) is 23.9 Å². The van der Waals surface area contributed by atoms with Crippen LogP contribution in [0.25, 0.3) is 16.6 Å². The Morgan fingerprint density at radius 2 is 1.86 bits per heavy atom. The third-order valence-electron chi connectivity index (χ3n) is 14.2. The molecule has 2 aromatic heterocycles. The number of nitrogens with zero attached hydrogens (tertiary/aromatic N) is 5. The maximum atomic E-state index is 14.1. The van der Waals surface area contributed by atoms with E-state index in [0.717, 1.165) is 61.7 Å². The number of carbonyl (C=O) groups is 2. The van der Waals surface area contributed by atoms with Crippen LogP contribution in [0, 0.1) is 27.4 Å². The minimum Gasteiger partial charge on any atom is -0.455 e. The average Bonchev–Trinajstić information content (AvgIpc) is 3.90. The summed E-state index contributed by atoms with van der Waals surface area (Å²) in [6, 6.07) is 17.3. The number of aromatic nitrogens is 2. The molecule has 3 aliphatic carbocycles. The molecule has 1 spiro atoms. The van der Waals surface area contributed by atoms with Crippen LogP contribution in [0.1, 0.15) is 67.3 Å². The van der Waals surface area contributed by atoms with Crippen molar-refractivity contribution >= 4 is 56.7 Å². The fourth-order valence-corrected chi connectivity index (χ4v) is 11.5. The highest BCUT2D eigenvalue weighted by Gasteiger charge is 2.50. The van der Waals surface area contributed by atoms with E-state index in [1.807, 2.05) is 36.4 Å². The van der Waals surface area contributed by atoms with Gasteiger partial charge in [-0.1, -0.05) is 41.8 Å². The number of amides is 2. The lowest BCUT2D eigenvalue weighted by Gasteiger charge is -2.47. The predicted molar refractivity (Wildman–Crippen MR) is 241 cm³/mol. The Morgan fingerprint density at radius 1 is 1.06 bits per heavy atom. The fourth-order valence-electron chi connectivity index (χ4n) is 10.5. The van der Waals surface area contributed by atoms with Crippen LogP contribution >= 0.6 is 11.6 Å². The number of ether oxygens (including phenoxy) is 2. The molecule has 2 amide bonds. The number of nitro groups is 1. The van der Waals surface area contributed by atoms with Crippen molar-refractivity contribution in [1.82, 2.24) is 24.5 Å². The summed E-state index contributed by atoms with van der Waals surface area (Å²) in [5, 5.41) is 13.9. The van der Waals surface area contributed by atoms with Gasteiger partial charge in [0.2, 0.25) is 5.91 Å². The fraction of sp³-hybridized carbons (Fsp3) is 0.426. The second-order valence-corrected chi connectivity index (χ2v) is 19.5. The number of hydrogen-bond acceptors (Lipinski definition) is 10. The van der Waals surface area contributed by atoms with Gasteiger partial charge in [-0.15, -0.1) is 0 Å². The summed E-state index contributed by atoms with van der Waals surface area (Å²) in [6.45, 7) is 5.44. The molecule has 3 saturated heterocycles. The lowest BCUT2D eigenvalue weighted by atomic mass is 9.59. The van der Waals surface area contributed by atoms with Crippen LogP contribution < -0.4 is 14.4 Å². The third kappa shape index (κ3) is 8.43. The van der Waals surface area contributed by atoms with Crippen molar-refractivity contribution in [2.75, 3.05) is 57.4 Å². The summed E-state index contributed by atoms with van der Waals surface area (Å²) >= 11 is 6.29. The first-order valence-corrected chi connectivity index (χ1v) is 23.5. The molecule has 3 unspecified atom stereocenters. The average molecular weight is 892 g/mol. The maximum absolute atomic E-state index is 14.1. The van der Waals surface area contributed by atoms with E-state index in [4.69, 9.17) is 21.1 Å². The Labute approximate surface area is 373 Å². The standard InChI is InChI=1S/C47H50ClN7O7S/c48-33-4-2-30(3-5-33)40-26-47(12-1-13-47)14-8-32(40)28-52-16-18-53(19-17-52)35-6-7-38(43(23-35)62-36-22-31-9-15-49-44(31)50-27-36)45(56)51-63(60)37-24-39-41(42(25-37)55(58)59)29-54(46(39)57)34-10-20-61-21-11-34/h2-7,9,15,22-25,27,34,39,41H,1,8,10-14,16-21,26,28-29H2,(H,49,50)(H,51,56). The Bertz CT molecular complexity index is 2570. The van der Waals surface area contributed by atoms with Crippen LogP contribution in [-0.2, 0) is 20.5 Å². The number of piperazine rings is 1. The van der Waals surface area contributed by atoms with Gasteiger partial charge < -0.3 is 24.3 Å². The van der Waals surface area contributed by atoms with Gasteiger partial charge in [0.15, 0.2) is 11.0 Å². The van der Waals surface area contributed by atoms with Gasteiger partial charge in [-0.3, -0.25) is 29.3 Å². The zero-order chi connectivity index (χ0) is 43.2. The molecule has 0 bridgehead atoms. The van der Waals surface area contributed by atoms with Crippen molar-refractivity contribution in [3.63, 3.8) is 0 Å². The molecule has 0 radical (unpaired) electrons. The molecule has 63 heavy (non-hydrogen) atoms. The van der Waals surface area contributed by atoms with Crippen molar-refractivity contribution in [2.45, 2.75) is 57.4 Å². The molecule has 328 valence electrons. The quantitative estimate of drug-likeness (QED) is 0.113. The van der Waals surface area contributed by atoms with Crippen molar-refractivity contribution in [2.24, 2.45) is 17.3 Å². The first-order chi connectivity index (χ1) is 30.6. The highest BCUT2D eigenvalue weighted by Crippen LogP contribution is 2.55. The summed E-state index contributed by atoms with van der Waals surface area (Å²) in [5.74, 6) is -1.82. The maximum Gasteiger partial charge on any atom is 0.266 e. The SMILES string of the molecule is O=C(NS(=O)C1=CC2C(=O)N(C3CCOCC3)CC2C([N+](=O)[O-])=C1)c1ccc(N2CCN(CC3=C(c4ccc(Cl)cc4)CC4(CCC4)CC3)CC2)cc1Oc1cnc2[nH]ccc2c1. The molecule has 4 aromatic rings. The van der Waals surface area contributed by atoms with E-state index in [0.29, 0.717) is 42.9 Å². The van der Waals surface area contributed by atoms with Crippen LogP contribution in [0.15, 0.2) is 95.3 Å². The number of rotatable bonds is 11. The molecule has 2 aromatic carbocycles. The number of nitrogens with one attached hydrogen (secondary N) is 2. The summed E-state index contributed by atoms with van der Waals surface area (Å²) in [4.78, 5) is 53.6. The van der Waals surface area contributed by atoms with Gasteiger partial charge >= 0.3 is 0 Å². The van der Waals surface area contributed by atoms with Gasteiger partial charge in [0.05, 0.1) is 33.4 Å². The van der Waals surface area contributed by atoms with E-state index < -0.39 is 33.7 Å². The van der Waals surface area contributed by atoms with Crippen LogP contribution in [-0.4, -0.2) is 99.2 Å². The van der Waals surface area contributed by atoms with Gasteiger partial charge in [-0.2, -0.15) is 0 Å². The number of H-pyrrole nitrogens is 1. The molecule has 3 aliphatic heterocycles. The molecule has 5 heterocycles. The number of halogens is 1. The number of fused-ring (bicyclic) bond motifs is 2. The molecule has 10 rings (SSSR count). The molecular weight excluding hydrogens is 842 g/mol. The van der Waals surface area contributed by atoms with Crippen LogP contribution in [0.5, 0.6) is 11.5 Å². The summed E-state index contributed by atoms with van der Waals surface area (Å²) in [6.07, 6.45) is 14.9. The molecule has 16 heteroatoms. The molecule has 4 fully saturated rings. The number of benzene rings is 2. The zero-order valence-electron chi connectivity index (χ0n) is 34.9. The number of carbonyl (C=O) groups excluding carboxylic acids is 2. The second-order valence-electron chi connectivity index (χ2n) is 17.8. The second kappa shape index (κ2) is 17.3. The number of aromatic amines is 1. The van der Waals surface area contributed by atoms with E-state index in [1.165, 1.54) is 54.5 Å². The number of likely N-dealkylation sites (tertiary alicyclic amines) is 1. The van der Waals surface area contributed by atoms with Crippen LogP contribution in [0.2, 0.25) is 5.02 Å². The number of pyridine rings is 1. The Hall–Kier alpha value is -5.35. The topological polar surface area (TPSA) is 163 Å². The summed E-state index contributed by atoms with van der Waals surface area (Å²) < 4.78 is 28.3. The van der Waals surface area contributed by atoms with Crippen molar-refractivity contribution in [3.05, 3.63) is 122 Å². The molecule has 1 saturated carbocycles. The van der Waals surface area contributed by atoms with Gasteiger partial charge in [0.1, 0.15) is 17.1 Å². The monoisotopic (exact) mass is 891 g/mol. The highest BCUT2D eigenvalue weighted by molar-refractivity contribution is 7.87. The summed E-state index contributed by atoms with van der Waals surface area (Å²) in [7, 11) is -2.23. The molecular formula is C47H50ClN7O7S. The molecule has 6 aliphatic rings. The van der Waals surface area contributed by atoms with Crippen molar-refractivity contribution in [3.8, 4) is 11.5 Å². The van der Waals surface area contributed by atoms with Crippen LogP contribution in [0.4, 0.5) is 5.69 Å². The van der Waals surface area contributed by atoms with E-state index in [-0.39, 0.29) is 40.4 Å². The number of anilines is 1. The number of hydrogen-bond donors (Lipinski definition) is 2. The normalized spacial score (nSPS) is 23.3. The molecule has 2 N–H and O–H groups in total. The van der Waals surface area contributed by atoms with E-state index in [2.05, 4.69) is 36.6 Å². The first-order valence-electron chi connectivity index (χ1n) is 22.0. The summed E-state index contributed by atoms with van der Waals surface area (Å²) in [5.41, 5.74) is 6.26. The van der Waals surface area contributed by atoms with Crippen molar-refractivity contribution < 1.29 is 28.2 Å². The van der Waals surface area contributed by atoms with E-state index >= 15 is 0 Å². The Kier molecular flexibility index (Phi) is 11.4. The van der Waals surface area contributed by atoms with Gasteiger partial charge in [0, 0.05) is 93.0 Å². The highest BCUT2D eigenvalue weighted by atomic mass is 35.5. The lowest BCUT2D eigenvalue weighted by molar-refractivity contribution is -0.434. The third-order valence-corrected chi connectivity index (χ3v) is 15.5. The lowest BCUT2D eigenvalue weighted by Crippen LogP contribution is -2.47. The predicted octanol–water partition coefficient (Wildman–Crippen LogP) is 7.64. The smallest absolute Gasteiger partial charge is 0.266 e. The van der Waals surface area contributed by atoms with E-state index in [1.54, 1.807) is 23.4 Å². The van der Waals surface area contributed by atoms with Gasteiger partial charge in [0.25, 0.3) is 11.6 Å². The largest absolute Gasteiger partial charge is 0.455 e. The Morgan fingerprint density at radius 3 is 2.60 bits per heavy atom. The number of allylic oxidation sites excluding steroid dienone is 2. The minimum atomic E-state index is -2.23. The first kappa shape index (κ1) is 41.6. The Balaban J connectivity index is 0.868. The van der Waals surface area contributed by atoms with Gasteiger partial charge in [-0.05, 0) is 97.9 Å². The minimum absolute atomic E-state index is 0.00404. The van der Waals surface area contributed by atoms with Gasteiger partial charge in [-0.25, -0.2) is 9.19 Å². The van der Waals surface area contributed by atoms with Crippen LogP contribution in [0.3, 0.4) is 0 Å². The molecule has 3 atom stereocenters.